The number of aromatic nitrogens is 1. The van der Waals surface area contributed by atoms with Crippen LogP contribution in [-0.4, -0.2) is 48.5 Å². The standard InChI is InChI=1S/C21H30N4O2/c1-5-24(4)20-7-6-17(13-22-20)14-25-10-8-18(9-11-25)23-21(26)19-12-15(2)27-16(19)3/h6-7,12-13,18H,5,8-11,14H2,1-4H3,(H,23,26). The summed E-state index contributed by atoms with van der Waals surface area (Å²) >= 11 is 0. The van der Waals surface area contributed by atoms with Gasteiger partial charge in [0.05, 0.1) is 5.56 Å². The van der Waals surface area contributed by atoms with E-state index in [0.717, 1.165) is 50.6 Å². The third-order valence-electron chi connectivity index (χ3n) is 5.29. The molecule has 1 N–H and O–H groups in total. The highest BCUT2D eigenvalue weighted by molar-refractivity contribution is 5.95. The van der Waals surface area contributed by atoms with Crippen molar-refractivity contribution in [3.05, 3.63) is 47.0 Å². The molecule has 0 bridgehead atoms. The maximum atomic E-state index is 12.4. The second kappa shape index (κ2) is 8.57. The largest absolute Gasteiger partial charge is 0.466 e. The molecule has 1 aliphatic rings. The van der Waals surface area contributed by atoms with Crippen LogP contribution < -0.4 is 10.2 Å². The maximum absolute atomic E-state index is 12.4. The third-order valence-corrected chi connectivity index (χ3v) is 5.29. The first-order valence-electron chi connectivity index (χ1n) is 9.72. The minimum absolute atomic E-state index is 0.0253. The highest BCUT2D eigenvalue weighted by atomic mass is 16.3. The van der Waals surface area contributed by atoms with Crippen molar-refractivity contribution >= 4 is 11.7 Å². The lowest BCUT2D eigenvalue weighted by Gasteiger charge is -2.32. The summed E-state index contributed by atoms with van der Waals surface area (Å²) in [5.41, 5.74) is 1.88. The van der Waals surface area contributed by atoms with Crippen LogP contribution in [0, 0.1) is 13.8 Å². The number of amides is 1. The fourth-order valence-electron chi connectivity index (χ4n) is 3.51. The van der Waals surface area contributed by atoms with Crippen LogP contribution in [0.1, 0.15) is 47.2 Å². The van der Waals surface area contributed by atoms with Crippen molar-refractivity contribution in [1.29, 1.82) is 0 Å². The van der Waals surface area contributed by atoms with Gasteiger partial charge in [-0.15, -0.1) is 0 Å². The minimum atomic E-state index is -0.0253. The first kappa shape index (κ1) is 19.4. The van der Waals surface area contributed by atoms with Crippen molar-refractivity contribution in [3.63, 3.8) is 0 Å². The zero-order valence-corrected chi connectivity index (χ0v) is 16.8. The number of anilines is 1. The Morgan fingerprint density at radius 2 is 2.07 bits per heavy atom. The molecule has 0 spiro atoms. The van der Waals surface area contributed by atoms with Crippen molar-refractivity contribution in [3.8, 4) is 0 Å². The molecular formula is C21H30N4O2. The number of carbonyl (C=O) groups excluding carboxylic acids is 1. The SMILES string of the molecule is CCN(C)c1ccc(CN2CCC(NC(=O)c3cc(C)oc3C)CC2)cn1. The number of hydrogen-bond acceptors (Lipinski definition) is 5. The van der Waals surface area contributed by atoms with E-state index in [4.69, 9.17) is 4.42 Å². The summed E-state index contributed by atoms with van der Waals surface area (Å²) in [6, 6.07) is 6.28. The van der Waals surface area contributed by atoms with Gasteiger partial charge in [-0.05, 0) is 51.3 Å². The molecule has 0 radical (unpaired) electrons. The van der Waals surface area contributed by atoms with E-state index in [9.17, 15) is 4.79 Å². The monoisotopic (exact) mass is 370 g/mol. The van der Waals surface area contributed by atoms with Gasteiger partial charge in [0.2, 0.25) is 0 Å². The molecule has 1 amide bonds. The number of aryl methyl sites for hydroxylation is 2. The smallest absolute Gasteiger partial charge is 0.255 e. The predicted octanol–water partition coefficient (Wildman–Crippen LogP) is 3.14. The Balaban J connectivity index is 1.47. The number of nitrogens with zero attached hydrogens (tertiary/aromatic N) is 3. The molecule has 1 saturated heterocycles. The Morgan fingerprint density at radius 3 is 2.63 bits per heavy atom. The van der Waals surface area contributed by atoms with Gasteiger partial charge < -0.3 is 14.6 Å². The summed E-state index contributed by atoms with van der Waals surface area (Å²) in [7, 11) is 2.05. The zero-order chi connectivity index (χ0) is 19.4. The van der Waals surface area contributed by atoms with Crippen LogP contribution in [0.25, 0.3) is 0 Å². The van der Waals surface area contributed by atoms with E-state index in [2.05, 4.69) is 39.2 Å². The summed E-state index contributed by atoms with van der Waals surface area (Å²) in [4.78, 5) is 21.5. The quantitative estimate of drug-likeness (QED) is 0.846. The van der Waals surface area contributed by atoms with Crippen molar-refractivity contribution in [1.82, 2.24) is 15.2 Å². The number of pyridine rings is 1. The lowest BCUT2D eigenvalue weighted by atomic mass is 10.0. The second-order valence-corrected chi connectivity index (χ2v) is 7.39. The lowest BCUT2D eigenvalue weighted by molar-refractivity contribution is 0.0907. The summed E-state index contributed by atoms with van der Waals surface area (Å²) in [5, 5.41) is 3.16. The van der Waals surface area contributed by atoms with Crippen molar-refractivity contribution in [2.75, 3.05) is 31.6 Å². The van der Waals surface area contributed by atoms with Gasteiger partial charge in [0.1, 0.15) is 17.3 Å². The highest BCUT2D eigenvalue weighted by Gasteiger charge is 2.23. The Kier molecular flexibility index (Phi) is 6.16. The fourth-order valence-corrected chi connectivity index (χ4v) is 3.51. The first-order chi connectivity index (χ1) is 13.0. The predicted molar refractivity (Wildman–Crippen MR) is 107 cm³/mol. The number of nitrogens with one attached hydrogen (secondary N) is 1. The van der Waals surface area contributed by atoms with E-state index in [-0.39, 0.29) is 11.9 Å². The van der Waals surface area contributed by atoms with Crippen LogP contribution in [0.5, 0.6) is 0 Å². The maximum Gasteiger partial charge on any atom is 0.255 e. The van der Waals surface area contributed by atoms with Gasteiger partial charge >= 0.3 is 0 Å². The number of rotatable bonds is 6. The van der Waals surface area contributed by atoms with Gasteiger partial charge in [-0.25, -0.2) is 4.98 Å². The fraction of sp³-hybridized carbons (Fsp3) is 0.524. The lowest BCUT2D eigenvalue weighted by Crippen LogP contribution is -2.44. The van der Waals surface area contributed by atoms with Crippen LogP contribution in [0.2, 0.25) is 0 Å². The van der Waals surface area contributed by atoms with Crippen LogP contribution in [0.3, 0.4) is 0 Å². The van der Waals surface area contributed by atoms with Gasteiger partial charge in [-0.1, -0.05) is 6.07 Å². The van der Waals surface area contributed by atoms with E-state index >= 15 is 0 Å². The van der Waals surface area contributed by atoms with Crippen molar-refractivity contribution in [2.45, 2.75) is 46.2 Å². The molecule has 0 unspecified atom stereocenters. The summed E-state index contributed by atoms with van der Waals surface area (Å²) < 4.78 is 5.46. The molecular weight excluding hydrogens is 340 g/mol. The Hall–Kier alpha value is -2.34. The van der Waals surface area contributed by atoms with Crippen LogP contribution in [0.15, 0.2) is 28.8 Å². The molecule has 0 aromatic carbocycles. The molecule has 2 aromatic rings. The first-order valence-corrected chi connectivity index (χ1v) is 9.72. The van der Waals surface area contributed by atoms with Gasteiger partial charge in [-0.3, -0.25) is 9.69 Å². The molecule has 0 saturated carbocycles. The Labute approximate surface area is 161 Å². The van der Waals surface area contributed by atoms with E-state index in [1.165, 1.54) is 5.56 Å². The van der Waals surface area contributed by atoms with Crippen molar-refractivity contribution in [2.24, 2.45) is 0 Å². The van der Waals surface area contributed by atoms with E-state index in [1.54, 1.807) is 0 Å². The molecule has 3 heterocycles. The average molecular weight is 370 g/mol. The van der Waals surface area contributed by atoms with Crippen molar-refractivity contribution < 1.29 is 9.21 Å². The second-order valence-electron chi connectivity index (χ2n) is 7.39. The third kappa shape index (κ3) is 4.89. The van der Waals surface area contributed by atoms with Gasteiger partial charge in [0, 0.05) is 45.5 Å². The van der Waals surface area contributed by atoms with E-state index < -0.39 is 0 Å². The number of likely N-dealkylation sites (tertiary alicyclic amines) is 1. The molecule has 6 heteroatoms. The molecule has 1 aliphatic heterocycles. The van der Waals surface area contributed by atoms with Crippen LogP contribution >= 0.6 is 0 Å². The van der Waals surface area contributed by atoms with Gasteiger partial charge in [-0.2, -0.15) is 0 Å². The summed E-state index contributed by atoms with van der Waals surface area (Å²) in [5.74, 6) is 2.44. The summed E-state index contributed by atoms with van der Waals surface area (Å²) in [6.45, 7) is 9.63. The van der Waals surface area contributed by atoms with Crippen LogP contribution in [-0.2, 0) is 6.54 Å². The van der Waals surface area contributed by atoms with Crippen LogP contribution in [0.4, 0.5) is 5.82 Å². The van der Waals surface area contributed by atoms with E-state index in [1.807, 2.05) is 33.2 Å². The summed E-state index contributed by atoms with van der Waals surface area (Å²) in [6.07, 6.45) is 3.90. The molecule has 2 aromatic heterocycles. The molecule has 3 rings (SSSR count). The normalized spacial score (nSPS) is 15.7. The number of furan rings is 1. The topological polar surface area (TPSA) is 61.6 Å². The minimum Gasteiger partial charge on any atom is -0.466 e. The average Bonchev–Trinajstić information content (AvgIpc) is 3.01. The molecule has 146 valence electrons. The number of piperidine rings is 1. The Morgan fingerprint density at radius 1 is 1.33 bits per heavy atom. The number of hydrogen-bond donors (Lipinski definition) is 1. The Bertz CT molecular complexity index is 761. The van der Waals surface area contributed by atoms with Gasteiger partial charge in [0.25, 0.3) is 5.91 Å². The molecule has 1 fully saturated rings. The molecule has 0 aliphatic carbocycles. The molecule has 27 heavy (non-hydrogen) atoms. The zero-order valence-electron chi connectivity index (χ0n) is 16.8. The molecule has 0 atom stereocenters. The van der Waals surface area contributed by atoms with Gasteiger partial charge in [0.15, 0.2) is 0 Å². The highest BCUT2D eigenvalue weighted by Crippen LogP contribution is 2.18. The van der Waals surface area contributed by atoms with E-state index in [0.29, 0.717) is 11.3 Å². The molecule has 6 nitrogen and oxygen atoms in total. The number of carbonyl (C=O) groups is 1.